The van der Waals surface area contributed by atoms with E-state index in [-0.39, 0.29) is 6.42 Å². The van der Waals surface area contributed by atoms with E-state index in [2.05, 4.69) is 0 Å². The summed E-state index contributed by atoms with van der Waals surface area (Å²) in [6.45, 7) is -0.588. The van der Waals surface area contributed by atoms with Crippen molar-refractivity contribution in [2.75, 3.05) is 6.61 Å². The molecule has 9 heteroatoms. The molecule has 5 N–H and O–H groups in total. The number of ether oxygens (including phenoxy) is 3. The molecule has 9 atom stereocenters. The molecule has 0 aromatic carbocycles. The molecular formula is C12H17NO8. The smallest absolute Gasteiger partial charge is 0.188 e. The zero-order valence-corrected chi connectivity index (χ0v) is 10.9. The summed E-state index contributed by atoms with van der Waals surface area (Å²) in [6.07, 6.45) is -9.17. The van der Waals surface area contributed by atoms with Gasteiger partial charge in [0, 0.05) is 6.42 Å². The minimum atomic E-state index is -1.59. The largest absolute Gasteiger partial charge is 0.394 e. The van der Waals surface area contributed by atoms with Crippen LogP contribution in [0, 0.1) is 11.3 Å². The first-order chi connectivity index (χ1) is 9.93. The Hall–Kier alpha value is -0.830. The molecule has 3 aliphatic rings. The van der Waals surface area contributed by atoms with Crippen molar-refractivity contribution >= 4 is 0 Å². The summed E-state index contributed by atoms with van der Waals surface area (Å²) in [5, 5.41) is 57.4. The predicted octanol–water partition coefficient (Wildman–Crippen LogP) is -3.40. The van der Waals surface area contributed by atoms with Crippen molar-refractivity contribution in [1.29, 1.82) is 5.26 Å². The van der Waals surface area contributed by atoms with Gasteiger partial charge in [-0.25, -0.2) is 0 Å². The van der Waals surface area contributed by atoms with Crippen LogP contribution in [0.4, 0.5) is 0 Å². The summed E-state index contributed by atoms with van der Waals surface area (Å²) in [5.41, 5.74) is -1.49. The molecule has 0 aromatic heterocycles. The van der Waals surface area contributed by atoms with Gasteiger partial charge in [-0.15, -0.1) is 0 Å². The van der Waals surface area contributed by atoms with E-state index in [1.807, 2.05) is 6.07 Å². The van der Waals surface area contributed by atoms with Gasteiger partial charge in [0.25, 0.3) is 0 Å². The Morgan fingerprint density at radius 1 is 1.14 bits per heavy atom. The van der Waals surface area contributed by atoms with Gasteiger partial charge in [-0.2, -0.15) is 5.26 Å². The summed E-state index contributed by atoms with van der Waals surface area (Å²) in [6, 6.07) is 1.92. The maximum Gasteiger partial charge on any atom is 0.188 e. The van der Waals surface area contributed by atoms with Crippen LogP contribution in [-0.4, -0.2) is 86.8 Å². The topological polar surface area (TPSA) is 156 Å². The number of aliphatic hydroxyl groups is 5. The number of hydrogen-bond donors (Lipinski definition) is 5. The molecule has 0 bridgehead atoms. The number of nitrogens with zero attached hydrogens (tertiary/aromatic N) is 1. The van der Waals surface area contributed by atoms with Gasteiger partial charge in [0.05, 0.1) is 12.7 Å². The molecular weight excluding hydrogens is 286 g/mol. The first kappa shape index (κ1) is 15.1. The average molecular weight is 303 g/mol. The summed E-state index contributed by atoms with van der Waals surface area (Å²) < 4.78 is 15.8. The van der Waals surface area contributed by atoms with Gasteiger partial charge < -0.3 is 39.7 Å². The molecule has 0 radical (unpaired) electrons. The van der Waals surface area contributed by atoms with Crippen molar-refractivity contribution in [3.63, 3.8) is 0 Å². The van der Waals surface area contributed by atoms with Crippen molar-refractivity contribution in [3.05, 3.63) is 0 Å². The lowest BCUT2D eigenvalue weighted by Gasteiger charge is -2.41. The molecule has 21 heavy (non-hydrogen) atoms. The lowest BCUT2D eigenvalue weighted by atomic mass is 9.98. The number of aliphatic hydroxyl groups excluding tert-OH is 5. The monoisotopic (exact) mass is 303 g/mol. The van der Waals surface area contributed by atoms with Gasteiger partial charge in [0.1, 0.15) is 42.7 Å². The summed E-state index contributed by atoms with van der Waals surface area (Å²) in [4.78, 5) is 0. The third kappa shape index (κ3) is 2.25. The highest BCUT2D eigenvalue weighted by atomic mass is 16.7. The van der Waals surface area contributed by atoms with E-state index >= 15 is 0 Å². The Morgan fingerprint density at radius 2 is 1.86 bits per heavy atom. The fraction of sp³-hybridized carbons (Fsp3) is 0.917. The van der Waals surface area contributed by atoms with E-state index in [1.165, 1.54) is 0 Å². The zero-order chi connectivity index (χ0) is 15.4. The molecule has 3 fully saturated rings. The van der Waals surface area contributed by atoms with Gasteiger partial charge in [0.2, 0.25) is 0 Å². The minimum absolute atomic E-state index is 0.00610. The Balaban J connectivity index is 1.76. The molecule has 0 spiro atoms. The Labute approximate surface area is 119 Å². The Morgan fingerprint density at radius 3 is 2.33 bits per heavy atom. The fourth-order valence-electron chi connectivity index (χ4n) is 2.96. The van der Waals surface area contributed by atoms with Crippen LogP contribution in [0.15, 0.2) is 0 Å². The highest BCUT2D eigenvalue weighted by molar-refractivity contribution is 5.23. The van der Waals surface area contributed by atoms with Crippen molar-refractivity contribution in [2.45, 2.75) is 61.0 Å². The lowest BCUT2D eigenvalue weighted by Crippen LogP contribution is -2.61. The van der Waals surface area contributed by atoms with Crippen LogP contribution in [0.2, 0.25) is 0 Å². The molecule has 2 heterocycles. The fourth-order valence-corrected chi connectivity index (χ4v) is 2.96. The Kier molecular flexibility index (Phi) is 3.67. The van der Waals surface area contributed by atoms with Gasteiger partial charge in [-0.1, -0.05) is 0 Å². The first-order valence-corrected chi connectivity index (χ1v) is 6.66. The van der Waals surface area contributed by atoms with Gasteiger partial charge >= 0.3 is 0 Å². The van der Waals surface area contributed by atoms with Crippen LogP contribution >= 0.6 is 0 Å². The number of nitriles is 1. The van der Waals surface area contributed by atoms with Crippen molar-refractivity contribution in [3.8, 4) is 6.07 Å². The van der Waals surface area contributed by atoms with Crippen LogP contribution < -0.4 is 0 Å². The molecule has 1 aliphatic carbocycles. The second kappa shape index (κ2) is 5.12. The highest BCUT2D eigenvalue weighted by Crippen LogP contribution is 2.49. The van der Waals surface area contributed by atoms with Gasteiger partial charge in [-0.3, -0.25) is 0 Å². The van der Waals surface area contributed by atoms with E-state index < -0.39 is 61.2 Å². The molecule has 1 saturated carbocycles. The normalized spacial score (nSPS) is 55.8. The van der Waals surface area contributed by atoms with Gasteiger partial charge in [-0.05, 0) is 0 Å². The van der Waals surface area contributed by atoms with Gasteiger partial charge in [0.15, 0.2) is 11.9 Å². The van der Waals surface area contributed by atoms with Crippen LogP contribution in [0.25, 0.3) is 0 Å². The molecule has 2 aliphatic heterocycles. The third-order valence-electron chi connectivity index (χ3n) is 4.24. The molecule has 3 rings (SSSR count). The van der Waals surface area contributed by atoms with Crippen molar-refractivity contribution in [2.24, 2.45) is 0 Å². The summed E-state index contributed by atoms with van der Waals surface area (Å²) in [5.74, 6) is 0. The van der Waals surface area contributed by atoms with E-state index in [0.717, 1.165) is 0 Å². The standard InChI is InChI=1S/C12H17NO8/c13-3-12(1-4(15)9-10(12)20-9)21-11-8(18)7(17)6(16)5(2-14)19-11/h4-11,14-18H,1-2H2/t4-,5-,6-,7+,8-,9-,10-,11+,12-/m1/s1. The number of fused-ring (bicyclic) bond motifs is 1. The van der Waals surface area contributed by atoms with E-state index in [0.29, 0.717) is 0 Å². The number of hydrogen-bond acceptors (Lipinski definition) is 9. The number of rotatable bonds is 3. The van der Waals surface area contributed by atoms with Crippen molar-refractivity contribution < 1.29 is 39.7 Å². The van der Waals surface area contributed by atoms with Crippen LogP contribution in [0.1, 0.15) is 6.42 Å². The molecule has 0 unspecified atom stereocenters. The maximum absolute atomic E-state index is 9.90. The van der Waals surface area contributed by atoms with Crippen molar-refractivity contribution in [1.82, 2.24) is 0 Å². The number of epoxide rings is 1. The molecule has 0 amide bonds. The second-order valence-electron chi connectivity index (χ2n) is 5.61. The quantitative estimate of drug-likeness (QED) is 0.335. The lowest BCUT2D eigenvalue weighted by molar-refractivity contribution is -0.322. The molecule has 0 aromatic rings. The molecule has 9 nitrogen and oxygen atoms in total. The minimum Gasteiger partial charge on any atom is -0.394 e. The van der Waals surface area contributed by atoms with Crippen LogP contribution in [0.3, 0.4) is 0 Å². The van der Waals surface area contributed by atoms with E-state index in [4.69, 9.17) is 19.3 Å². The van der Waals surface area contributed by atoms with Crippen LogP contribution in [0.5, 0.6) is 0 Å². The average Bonchev–Trinajstić information content (AvgIpc) is 3.23. The van der Waals surface area contributed by atoms with E-state index in [1.54, 1.807) is 0 Å². The first-order valence-electron chi connectivity index (χ1n) is 6.66. The molecule has 2 saturated heterocycles. The third-order valence-corrected chi connectivity index (χ3v) is 4.24. The zero-order valence-electron chi connectivity index (χ0n) is 10.9. The second-order valence-corrected chi connectivity index (χ2v) is 5.61. The maximum atomic E-state index is 9.90. The summed E-state index contributed by atoms with van der Waals surface area (Å²) in [7, 11) is 0. The SMILES string of the molecule is N#C[C@]1(O[C@@H]2O[C@H](CO)[C@@H](O)[C@H](O)[C@H]2O)C[C@@H](O)[C@H]2O[C@H]21. The summed E-state index contributed by atoms with van der Waals surface area (Å²) >= 11 is 0. The van der Waals surface area contributed by atoms with Crippen LogP contribution in [-0.2, 0) is 14.2 Å². The van der Waals surface area contributed by atoms with E-state index in [9.17, 15) is 25.7 Å². The predicted molar refractivity (Wildman–Crippen MR) is 62.5 cm³/mol. The molecule has 118 valence electrons. The Bertz CT molecular complexity index is 453. The highest BCUT2D eigenvalue weighted by Gasteiger charge is 2.68.